The maximum absolute atomic E-state index is 10.3. The Balaban J connectivity index is 3.92. The minimum atomic E-state index is -2.89. The summed E-state index contributed by atoms with van der Waals surface area (Å²) in [4.78, 5) is 0. The molecule has 48 valence electrons. The number of rotatable bonds is 2. The van der Waals surface area contributed by atoms with E-state index in [1.165, 1.54) is 28.8 Å². The van der Waals surface area contributed by atoms with Crippen LogP contribution >= 0.6 is 11.8 Å². The van der Waals surface area contributed by atoms with E-state index in [4.69, 9.17) is 0 Å². The van der Waals surface area contributed by atoms with E-state index in [0.29, 0.717) is 0 Å². The van der Waals surface area contributed by atoms with Gasteiger partial charge in [-0.15, -0.1) is 11.8 Å². The summed E-state index contributed by atoms with van der Waals surface area (Å²) in [6.45, 7) is 0. The Hall–Kier alpha value is 0.0400. The van der Waals surface area contributed by atoms with Crippen molar-refractivity contribution in [2.75, 3.05) is 12.5 Å². The molecule has 0 aromatic carbocycles. The van der Waals surface area contributed by atoms with Crippen LogP contribution in [0.3, 0.4) is 0 Å². The molecule has 2 nitrogen and oxygen atoms in total. The van der Waals surface area contributed by atoms with E-state index in [-0.39, 0.29) is 0 Å². The average molecular weight is 152 g/mol. The number of sulfone groups is 1. The van der Waals surface area contributed by atoms with E-state index in [1.54, 1.807) is 0 Å². The van der Waals surface area contributed by atoms with Crippen molar-refractivity contribution in [2.24, 2.45) is 0 Å². The predicted molar refractivity (Wildman–Crippen MR) is 37.5 cm³/mol. The molecule has 0 bridgehead atoms. The zero-order valence-electron chi connectivity index (χ0n) is 4.79. The first kappa shape index (κ1) is 8.04. The molecular formula is C4H8O2S2. The van der Waals surface area contributed by atoms with Crippen LogP contribution in [0.15, 0.2) is 10.8 Å². The smallest absolute Gasteiger partial charge is 0.169 e. The molecular weight excluding hydrogens is 144 g/mol. The fourth-order valence-electron chi connectivity index (χ4n) is 0.156. The molecule has 0 heterocycles. The second-order valence-electron chi connectivity index (χ2n) is 1.34. The van der Waals surface area contributed by atoms with E-state index in [2.05, 4.69) is 0 Å². The maximum atomic E-state index is 10.3. The third kappa shape index (κ3) is 6.04. The van der Waals surface area contributed by atoms with Crippen LogP contribution in [-0.4, -0.2) is 20.9 Å². The van der Waals surface area contributed by atoms with Gasteiger partial charge in [0.05, 0.1) is 0 Å². The van der Waals surface area contributed by atoms with E-state index in [0.717, 1.165) is 0 Å². The van der Waals surface area contributed by atoms with Crippen molar-refractivity contribution in [3.63, 3.8) is 0 Å². The molecule has 0 aromatic rings. The molecule has 0 radical (unpaired) electrons. The van der Waals surface area contributed by atoms with Gasteiger partial charge in [-0.05, 0) is 11.7 Å². The lowest BCUT2D eigenvalue weighted by Crippen LogP contribution is -1.86. The van der Waals surface area contributed by atoms with Gasteiger partial charge in [-0.2, -0.15) is 0 Å². The highest BCUT2D eigenvalue weighted by Gasteiger charge is 1.89. The minimum Gasteiger partial charge on any atom is -0.225 e. The fourth-order valence-corrected chi connectivity index (χ4v) is 1.41. The summed E-state index contributed by atoms with van der Waals surface area (Å²) in [6.07, 6.45) is 2.97. The highest BCUT2D eigenvalue weighted by molar-refractivity contribution is 8.02. The van der Waals surface area contributed by atoms with Gasteiger partial charge in [0.15, 0.2) is 9.84 Å². The van der Waals surface area contributed by atoms with E-state index in [9.17, 15) is 8.42 Å². The largest absolute Gasteiger partial charge is 0.225 e. The highest BCUT2D eigenvalue weighted by atomic mass is 32.2. The fraction of sp³-hybridized carbons (Fsp3) is 0.500. The van der Waals surface area contributed by atoms with Gasteiger partial charge in [0.2, 0.25) is 0 Å². The second kappa shape index (κ2) is 3.14. The molecule has 0 amide bonds. The summed E-state index contributed by atoms with van der Waals surface area (Å²) < 4.78 is 20.6. The van der Waals surface area contributed by atoms with Crippen LogP contribution in [0.2, 0.25) is 0 Å². The van der Waals surface area contributed by atoms with Gasteiger partial charge in [-0.1, -0.05) is 0 Å². The van der Waals surface area contributed by atoms with Gasteiger partial charge in [0.25, 0.3) is 0 Å². The summed E-state index contributed by atoms with van der Waals surface area (Å²) in [5.41, 5.74) is 0. The van der Waals surface area contributed by atoms with Crippen molar-refractivity contribution in [1.29, 1.82) is 0 Å². The Morgan fingerprint density at radius 1 is 1.50 bits per heavy atom. The lowest BCUT2D eigenvalue weighted by molar-refractivity contribution is 0.610. The molecule has 0 atom stereocenters. The molecule has 0 unspecified atom stereocenters. The van der Waals surface area contributed by atoms with Gasteiger partial charge in [-0.3, -0.25) is 0 Å². The van der Waals surface area contributed by atoms with Crippen LogP contribution in [0.5, 0.6) is 0 Å². The first-order chi connectivity index (χ1) is 3.56. The van der Waals surface area contributed by atoms with Gasteiger partial charge < -0.3 is 0 Å². The molecule has 4 heteroatoms. The molecule has 0 spiro atoms. The monoisotopic (exact) mass is 152 g/mol. The van der Waals surface area contributed by atoms with Crippen LogP contribution in [0.4, 0.5) is 0 Å². The van der Waals surface area contributed by atoms with Gasteiger partial charge in [0.1, 0.15) is 0 Å². The maximum Gasteiger partial charge on any atom is 0.169 e. The number of hydrogen-bond acceptors (Lipinski definition) is 3. The first-order valence-electron chi connectivity index (χ1n) is 1.95. The third-order valence-electron chi connectivity index (χ3n) is 0.439. The number of hydrogen-bond donors (Lipinski definition) is 0. The summed E-state index contributed by atoms with van der Waals surface area (Å²) in [7, 11) is -2.89. The van der Waals surface area contributed by atoms with Gasteiger partial charge in [-0.25, -0.2) is 8.42 Å². The lowest BCUT2D eigenvalue weighted by atomic mass is 11.3. The van der Waals surface area contributed by atoms with Crippen molar-refractivity contribution in [2.45, 2.75) is 0 Å². The van der Waals surface area contributed by atoms with Crippen molar-refractivity contribution < 1.29 is 8.42 Å². The Morgan fingerprint density at radius 2 is 2.00 bits per heavy atom. The van der Waals surface area contributed by atoms with E-state index >= 15 is 0 Å². The predicted octanol–water partition coefficient (Wildman–Crippen LogP) is 0.865. The summed E-state index contributed by atoms with van der Waals surface area (Å²) in [5, 5.41) is 2.72. The van der Waals surface area contributed by atoms with Crippen molar-refractivity contribution >= 4 is 21.6 Å². The Labute approximate surface area is 53.9 Å². The summed E-state index contributed by atoms with van der Waals surface area (Å²) >= 11 is 1.37. The average Bonchev–Trinajstić information content (AvgIpc) is 1.59. The van der Waals surface area contributed by atoms with Gasteiger partial charge in [0, 0.05) is 11.7 Å². The Morgan fingerprint density at radius 3 is 2.12 bits per heavy atom. The molecule has 0 N–H and O–H groups in total. The summed E-state index contributed by atoms with van der Waals surface area (Å²) in [6, 6.07) is 0. The normalized spacial score (nSPS) is 12.8. The lowest BCUT2D eigenvalue weighted by Gasteiger charge is -1.80. The summed E-state index contributed by atoms with van der Waals surface area (Å²) in [5.74, 6) is 0. The molecule has 0 aliphatic rings. The molecule has 8 heavy (non-hydrogen) atoms. The minimum absolute atomic E-state index is 1.17. The zero-order chi connectivity index (χ0) is 6.62. The van der Waals surface area contributed by atoms with E-state index < -0.39 is 9.84 Å². The SMILES string of the molecule is CSC=CS(C)(=O)=O. The molecule has 0 saturated heterocycles. The molecule has 0 aromatic heterocycles. The van der Waals surface area contributed by atoms with Crippen molar-refractivity contribution in [3.05, 3.63) is 10.8 Å². The van der Waals surface area contributed by atoms with Crippen LogP contribution in [0.25, 0.3) is 0 Å². The zero-order valence-corrected chi connectivity index (χ0v) is 6.42. The molecule has 0 fully saturated rings. The molecule has 0 saturated carbocycles. The topological polar surface area (TPSA) is 34.1 Å². The highest BCUT2D eigenvalue weighted by Crippen LogP contribution is 1.95. The van der Waals surface area contributed by atoms with Crippen LogP contribution in [-0.2, 0) is 9.84 Å². The molecule has 0 aliphatic carbocycles. The quantitative estimate of drug-likeness (QED) is 0.588. The third-order valence-corrected chi connectivity index (χ3v) is 1.65. The van der Waals surface area contributed by atoms with Gasteiger partial charge >= 0.3 is 0 Å². The van der Waals surface area contributed by atoms with Crippen molar-refractivity contribution in [1.82, 2.24) is 0 Å². The van der Waals surface area contributed by atoms with Crippen LogP contribution < -0.4 is 0 Å². The first-order valence-corrected chi connectivity index (χ1v) is 5.20. The molecule has 0 aliphatic heterocycles. The van der Waals surface area contributed by atoms with Crippen LogP contribution in [0.1, 0.15) is 0 Å². The number of thioether (sulfide) groups is 1. The van der Waals surface area contributed by atoms with Crippen molar-refractivity contribution in [3.8, 4) is 0 Å². The van der Waals surface area contributed by atoms with Crippen LogP contribution in [0, 0.1) is 0 Å². The molecule has 0 rings (SSSR count). The standard InChI is InChI=1S/C4H8O2S2/c1-7-3-4-8(2,5)6/h3-4H,1-2H3. The Kier molecular flexibility index (Phi) is 3.16. The second-order valence-corrected chi connectivity index (χ2v) is 4.01. The van der Waals surface area contributed by atoms with E-state index in [1.807, 2.05) is 6.26 Å². The Bertz CT molecular complexity index is 166.